The van der Waals surface area contributed by atoms with Gasteiger partial charge in [-0.3, -0.25) is 4.79 Å². The number of esters is 1. The van der Waals surface area contributed by atoms with E-state index in [1.54, 1.807) is 0 Å². The highest BCUT2D eigenvalue weighted by Crippen LogP contribution is 2.67. The quantitative estimate of drug-likeness (QED) is 0.257. The first-order valence-corrected chi connectivity index (χ1v) is 13.7. The van der Waals surface area contributed by atoms with Crippen molar-refractivity contribution < 1.29 is 14.7 Å². The van der Waals surface area contributed by atoms with Crippen LogP contribution in [0.4, 0.5) is 0 Å². The number of hydrogen-bond acceptors (Lipinski definition) is 4. The number of carbonyl (C=O) groups is 1. The molecule has 3 fully saturated rings. The van der Waals surface area contributed by atoms with Gasteiger partial charge in [0.15, 0.2) is 0 Å². The minimum absolute atomic E-state index is 0.0327. The summed E-state index contributed by atoms with van der Waals surface area (Å²) in [6.07, 6.45) is 14.1. The molecule has 0 aromatic heterocycles. The van der Waals surface area contributed by atoms with E-state index in [-0.39, 0.29) is 17.5 Å². The lowest BCUT2D eigenvalue weighted by Crippen LogP contribution is -2.54. The van der Waals surface area contributed by atoms with Gasteiger partial charge < -0.3 is 9.94 Å². The van der Waals surface area contributed by atoms with Gasteiger partial charge in [0.05, 0.1) is 5.71 Å². The molecule has 0 aliphatic heterocycles. The van der Waals surface area contributed by atoms with E-state index in [0.717, 1.165) is 42.7 Å². The van der Waals surface area contributed by atoms with Crippen LogP contribution in [-0.4, -0.2) is 23.0 Å². The van der Waals surface area contributed by atoms with Gasteiger partial charge in [0.25, 0.3) is 0 Å². The van der Waals surface area contributed by atoms with Crippen molar-refractivity contribution in [2.75, 3.05) is 0 Å². The molecular formula is C29H47NO3. The second-order valence-corrected chi connectivity index (χ2v) is 12.9. The molecule has 8 unspecified atom stereocenters. The number of allylic oxidation sites excluding steroid dienone is 1. The summed E-state index contributed by atoms with van der Waals surface area (Å²) >= 11 is 0. The van der Waals surface area contributed by atoms with Gasteiger partial charge in [-0.05, 0) is 85.0 Å². The Morgan fingerprint density at radius 3 is 2.55 bits per heavy atom. The van der Waals surface area contributed by atoms with Gasteiger partial charge in [-0.2, -0.15) is 0 Å². The molecule has 0 saturated heterocycles. The van der Waals surface area contributed by atoms with Gasteiger partial charge in [0.2, 0.25) is 0 Å². The third kappa shape index (κ3) is 4.41. The van der Waals surface area contributed by atoms with Crippen LogP contribution in [0.3, 0.4) is 0 Å². The number of hydrogen-bond donors (Lipinski definition) is 1. The molecule has 0 aromatic carbocycles. The zero-order valence-corrected chi connectivity index (χ0v) is 21.9. The van der Waals surface area contributed by atoms with Gasteiger partial charge >= 0.3 is 5.97 Å². The van der Waals surface area contributed by atoms with Crippen molar-refractivity contribution in [2.45, 2.75) is 112 Å². The van der Waals surface area contributed by atoms with Crippen molar-refractivity contribution in [2.24, 2.45) is 51.5 Å². The van der Waals surface area contributed by atoms with Crippen LogP contribution in [0.15, 0.2) is 16.8 Å². The van der Waals surface area contributed by atoms with Crippen LogP contribution in [0.5, 0.6) is 0 Å². The summed E-state index contributed by atoms with van der Waals surface area (Å²) in [5, 5.41) is 14.0. The first-order chi connectivity index (χ1) is 15.6. The minimum Gasteiger partial charge on any atom is -0.462 e. The highest BCUT2D eigenvalue weighted by atomic mass is 16.5. The van der Waals surface area contributed by atoms with Crippen molar-refractivity contribution in [3.8, 4) is 0 Å². The molecule has 4 aliphatic carbocycles. The molecule has 0 amide bonds. The van der Waals surface area contributed by atoms with Crippen LogP contribution in [0.2, 0.25) is 0 Å². The van der Waals surface area contributed by atoms with Crippen LogP contribution in [0.1, 0.15) is 106 Å². The summed E-state index contributed by atoms with van der Waals surface area (Å²) in [7, 11) is 0. The van der Waals surface area contributed by atoms with Gasteiger partial charge in [-0.15, -0.1) is 0 Å². The second-order valence-electron chi connectivity index (χ2n) is 12.9. The number of nitrogens with zero attached hydrogens (tertiary/aromatic N) is 1. The van der Waals surface area contributed by atoms with E-state index in [1.807, 2.05) is 0 Å². The molecule has 0 aromatic rings. The Hall–Kier alpha value is -1.32. The topological polar surface area (TPSA) is 58.9 Å². The highest BCUT2D eigenvalue weighted by molar-refractivity contribution is 5.99. The zero-order chi connectivity index (χ0) is 24.0. The van der Waals surface area contributed by atoms with Gasteiger partial charge in [-0.1, -0.05) is 64.6 Å². The lowest BCUT2D eigenvalue weighted by molar-refractivity contribution is -0.148. The Labute approximate surface area is 201 Å². The summed E-state index contributed by atoms with van der Waals surface area (Å²) in [6, 6.07) is 0. The molecule has 0 radical (unpaired) electrons. The number of rotatable bonds is 6. The van der Waals surface area contributed by atoms with E-state index >= 15 is 0 Å². The standard InChI is InChI=1S/C29H47NO3/c1-18(2)8-7-9-19(3)23-10-11-24-27-25(13-15-29(23,24)6)28(5)14-12-22(33-20(4)31)16-21(28)17-26(27)30-32/h17-19,22-25,27,32H,7-16H2,1-6H3. The smallest absolute Gasteiger partial charge is 0.302 e. The molecule has 0 spiro atoms. The number of fused-ring (bicyclic) bond motifs is 5. The number of carbonyl (C=O) groups excluding carboxylic acids is 1. The molecule has 8 atom stereocenters. The average molecular weight is 458 g/mol. The van der Waals surface area contributed by atoms with Crippen molar-refractivity contribution in [3.63, 3.8) is 0 Å². The maximum atomic E-state index is 11.5. The van der Waals surface area contributed by atoms with E-state index in [1.165, 1.54) is 57.4 Å². The summed E-state index contributed by atoms with van der Waals surface area (Å²) in [5.41, 5.74) is 2.73. The summed E-state index contributed by atoms with van der Waals surface area (Å²) in [6.45, 7) is 13.7. The zero-order valence-electron chi connectivity index (χ0n) is 21.9. The molecule has 0 heterocycles. The highest BCUT2D eigenvalue weighted by Gasteiger charge is 2.61. The third-order valence-electron chi connectivity index (χ3n) is 10.6. The van der Waals surface area contributed by atoms with Gasteiger partial charge in [0.1, 0.15) is 6.10 Å². The first-order valence-electron chi connectivity index (χ1n) is 13.7. The first kappa shape index (κ1) is 24.8. The summed E-state index contributed by atoms with van der Waals surface area (Å²) in [4.78, 5) is 11.5. The SMILES string of the molecule is CC(=O)OC1CCC2(C)C(=CC(=NO)C3C2CCC2(C)C(C(C)CCCC(C)C)CCC32)C1. The Morgan fingerprint density at radius 1 is 1.12 bits per heavy atom. The second kappa shape index (κ2) is 9.38. The Balaban J connectivity index is 1.56. The lowest BCUT2D eigenvalue weighted by Gasteiger charge is -2.58. The van der Waals surface area contributed by atoms with Crippen LogP contribution >= 0.6 is 0 Å². The molecule has 4 heteroatoms. The largest absolute Gasteiger partial charge is 0.462 e. The molecule has 0 bridgehead atoms. The molecule has 4 nitrogen and oxygen atoms in total. The molecule has 33 heavy (non-hydrogen) atoms. The Kier molecular flexibility index (Phi) is 7.05. The third-order valence-corrected chi connectivity index (χ3v) is 10.6. The van der Waals surface area contributed by atoms with E-state index < -0.39 is 0 Å². The summed E-state index contributed by atoms with van der Waals surface area (Å²) in [5.74, 6) is 3.67. The lowest BCUT2D eigenvalue weighted by atomic mass is 9.46. The maximum Gasteiger partial charge on any atom is 0.302 e. The van der Waals surface area contributed by atoms with Crippen molar-refractivity contribution in [1.29, 1.82) is 0 Å². The molecule has 4 aliphatic rings. The van der Waals surface area contributed by atoms with E-state index in [0.29, 0.717) is 23.2 Å². The van der Waals surface area contributed by atoms with Crippen molar-refractivity contribution >= 4 is 11.7 Å². The fourth-order valence-electron chi connectivity index (χ4n) is 8.85. The molecule has 186 valence electrons. The fourth-order valence-corrected chi connectivity index (χ4v) is 8.85. The van der Waals surface area contributed by atoms with Crippen molar-refractivity contribution in [3.05, 3.63) is 11.6 Å². The average Bonchev–Trinajstić information content (AvgIpc) is 3.10. The minimum atomic E-state index is -0.193. The van der Waals surface area contributed by atoms with Crippen LogP contribution < -0.4 is 0 Å². The van der Waals surface area contributed by atoms with E-state index in [4.69, 9.17) is 4.74 Å². The van der Waals surface area contributed by atoms with Gasteiger partial charge in [-0.25, -0.2) is 0 Å². The van der Waals surface area contributed by atoms with Crippen LogP contribution in [0, 0.1) is 46.3 Å². The fraction of sp³-hybridized carbons (Fsp3) is 0.862. The normalized spacial score (nSPS) is 42.3. The maximum absolute atomic E-state index is 11.5. The molecular weight excluding hydrogens is 410 g/mol. The number of oxime groups is 1. The molecule has 4 rings (SSSR count). The Bertz CT molecular complexity index is 801. The van der Waals surface area contributed by atoms with Crippen LogP contribution in [0.25, 0.3) is 0 Å². The predicted molar refractivity (Wildman–Crippen MR) is 133 cm³/mol. The monoisotopic (exact) mass is 457 g/mol. The predicted octanol–water partition coefficient (Wildman–Crippen LogP) is 7.40. The molecule has 3 saturated carbocycles. The Morgan fingerprint density at radius 2 is 1.88 bits per heavy atom. The van der Waals surface area contributed by atoms with Crippen molar-refractivity contribution in [1.82, 2.24) is 0 Å². The van der Waals surface area contributed by atoms with E-state index in [2.05, 4.69) is 45.9 Å². The number of ether oxygens (including phenoxy) is 1. The van der Waals surface area contributed by atoms with Gasteiger partial charge in [0, 0.05) is 19.3 Å². The molecule has 1 N–H and O–H groups in total. The summed E-state index contributed by atoms with van der Waals surface area (Å²) < 4.78 is 5.58. The van der Waals surface area contributed by atoms with E-state index in [9.17, 15) is 10.0 Å². The van der Waals surface area contributed by atoms with Crippen LogP contribution in [-0.2, 0) is 9.53 Å².